The molecule has 0 aromatic carbocycles. The molecule has 0 aromatic rings. The first-order valence-electron chi connectivity index (χ1n) is 4.06. The Morgan fingerprint density at radius 3 is 3.00 bits per heavy atom. The Morgan fingerprint density at radius 2 is 2.45 bits per heavy atom. The van der Waals surface area contributed by atoms with Gasteiger partial charge in [-0.25, -0.2) is 0 Å². The number of ether oxygens (including phenoxy) is 1. The summed E-state index contributed by atoms with van der Waals surface area (Å²) in [5.74, 6) is 0.504. The summed E-state index contributed by atoms with van der Waals surface area (Å²) < 4.78 is 5.60. The van der Waals surface area contributed by atoms with Crippen molar-refractivity contribution in [1.29, 1.82) is 0 Å². The molecule has 0 aromatic heterocycles. The zero-order chi connectivity index (χ0) is 7.68. The summed E-state index contributed by atoms with van der Waals surface area (Å²) in [6.07, 6.45) is 4.33. The molecule has 2 bridgehead atoms. The normalized spacial score (nSPS) is 40.5. The number of hydrogen-bond acceptors (Lipinski definition) is 2. The first-order valence-corrected chi connectivity index (χ1v) is 4.06. The number of azide groups is 1. The van der Waals surface area contributed by atoms with Crippen molar-refractivity contribution in [1.82, 2.24) is 0 Å². The standard InChI is InChI=1S/C7H11N3O/c8-10-9-4-5-3-6-1-2-7(5)11-6/h5-7H,1-4H2/t5-,6+,7-/m0/s1. The Kier molecular flexibility index (Phi) is 1.72. The van der Waals surface area contributed by atoms with Gasteiger partial charge in [0, 0.05) is 11.5 Å². The van der Waals surface area contributed by atoms with E-state index in [1.807, 2.05) is 0 Å². The van der Waals surface area contributed by atoms with Gasteiger partial charge in [0.05, 0.1) is 12.2 Å². The van der Waals surface area contributed by atoms with E-state index in [9.17, 15) is 0 Å². The fourth-order valence-electron chi connectivity index (χ4n) is 2.08. The molecule has 0 unspecified atom stereocenters. The molecule has 2 aliphatic heterocycles. The minimum atomic E-state index is 0.394. The van der Waals surface area contributed by atoms with Crippen molar-refractivity contribution in [3.8, 4) is 0 Å². The van der Waals surface area contributed by atoms with Crippen molar-refractivity contribution in [3.63, 3.8) is 0 Å². The van der Waals surface area contributed by atoms with Crippen molar-refractivity contribution in [3.05, 3.63) is 10.4 Å². The third-order valence-electron chi connectivity index (χ3n) is 2.61. The van der Waals surface area contributed by atoms with E-state index in [-0.39, 0.29) is 0 Å². The molecule has 2 heterocycles. The Balaban J connectivity index is 1.92. The summed E-state index contributed by atoms with van der Waals surface area (Å²) in [5, 5.41) is 3.57. The molecule has 4 heteroatoms. The third kappa shape index (κ3) is 1.19. The van der Waals surface area contributed by atoms with Crippen LogP contribution < -0.4 is 0 Å². The lowest BCUT2D eigenvalue weighted by Crippen LogP contribution is -2.18. The second kappa shape index (κ2) is 2.72. The van der Waals surface area contributed by atoms with Gasteiger partial charge in [-0.1, -0.05) is 5.11 Å². The van der Waals surface area contributed by atoms with Crippen molar-refractivity contribution in [2.75, 3.05) is 6.54 Å². The van der Waals surface area contributed by atoms with Gasteiger partial charge in [-0.2, -0.15) is 0 Å². The monoisotopic (exact) mass is 153 g/mol. The largest absolute Gasteiger partial charge is 0.375 e. The Hall–Kier alpha value is -0.730. The SMILES string of the molecule is [N-]=[N+]=NC[C@@H]1C[C@H]2CC[C@@H]1O2. The lowest BCUT2D eigenvalue weighted by Gasteiger charge is -2.14. The molecular formula is C7H11N3O. The van der Waals surface area contributed by atoms with Crippen molar-refractivity contribution >= 4 is 0 Å². The molecule has 2 saturated heterocycles. The van der Waals surface area contributed by atoms with E-state index in [0.29, 0.717) is 24.7 Å². The number of rotatable bonds is 2. The topological polar surface area (TPSA) is 58.0 Å². The van der Waals surface area contributed by atoms with Crippen LogP contribution in [0.5, 0.6) is 0 Å². The van der Waals surface area contributed by atoms with Gasteiger partial charge in [-0.3, -0.25) is 0 Å². The summed E-state index contributed by atoms with van der Waals surface area (Å²) in [4.78, 5) is 2.75. The zero-order valence-corrected chi connectivity index (χ0v) is 6.31. The van der Waals surface area contributed by atoms with Gasteiger partial charge < -0.3 is 4.74 Å². The fraction of sp³-hybridized carbons (Fsp3) is 1.00. The van der Waals surface area contributed by atoms with Crippen LogP contribution in [0.15, 0.2) is 5.11 Å². The predicted molar refractivity (Wildman–Crippen MR) is 40.0 cm³/mol. The van der Waals surface area contributed by atoms with E-state index in [1.165, 1.54) is 6.42 Å². The van der Waals surface area contributed by atoms with Crippen LogP contribution in [0.4, 0.5) is 0 Å². The quantitative estimate of drug-likeness (QED) is 0.339. The maximum atomic E-state index is 8.11. The zero-order valence-electron chi connectivity index (χ0n) is 6.31. The van der Waals surface area contributed by atoms with Crippen LogP contribution in [0.3, 0.4) is 0 Å². The summed E-state index contributed by atoms with van der Waals surface area (Å²) in [6, 6.07) is 0. The van der Waals surface area contributed by atoms with Crippen LogP contribution in [0.2, 0.25) is 0 Å². The van der Waals surface area contributed by atoms with E-state index in [1.54, 1.807) is 0 Å². The maximum Gasteiger partial charge on any atom is 0.0610 e. The molecule has 2 fully saturated rings. The smallest absolute Gasteiger partial charge is 0.0610 e. The minimum Gasteiger partial charge on any atom is -0.375 e. The van der Waals surface area contributed by atoms with E-state index in [4.69, 9.17) is 10.3 Å². The van der Waals surface area contributed by atoms with Gasteiger partial charge in [-0.15, -0.1) is 0 Å². The Morgan fingerprint density at radius 1 is 1.55 bits per heavy atom. The Labute approximate surface area is 65.2 Å². The molecule has 0 radical (unpaired) electrons. The van der Waals surface area contributed by atoms with E-state index in [0.717, 1.165) is 12.8 Å². The maximum absolute atomic E-state index is 8.11. The average molecular weight is 153 g/mol. The molecule has 11 heavy (non-hydrogen) atoms. The highest BCUT2D eigenvalue weighted by Crippen LogP contribution is 2.38. The summed E-state index contributed by atoms with van der Waals surface area (Å²) >= 11 is 0. The molecule has 3 atom stereocenters. The highest BCUT2D eigenvalue weighted by molar-refractivity contribution is 4.90. The van der Waals surface area contributed by atoms with Gasteiger partial charge in [0.2, 0.25) is 0 Å². The summed E-state index contributed by atoms with van der Waals surface area (Å²) in [6.45, 7) is 0.623. The summed E-state index contributed by atoms with van der Waals surface area (Å²) in [5.41, 5.74) is 8.11. The molecule has 2 rings (SSSR count). The van der Waals surface area contributed by atoms with Crippen LogP contribution in [0.1, 0.15) is 19.3 Å². The van der Waals surface area contributed by atoms with Crippen LogP contribution in [-0.2, 0) is 4.74 Å². The molecule has 0 saturated carbocycles. The third-order valence-corrected chi connectivity index (χ3v) is 2.61. The first kappa shape index (κ1) is 6.95. The minimum absolute atomic E-state index is 0.394. The average Bonchev–Trinajstić information content (AvgIpc) is 2.60. The van der Waals surface area contributed by atoms with Gasteiger partial charge in [0.25, 0.3) is 0 Å². The number of fused-ring (bicyclic) bond motifs is 2. The second-order valence-electron chi connectivity index (χ2n) is 3.28. The van der Waals surface area contributed by atoms with Crippen molar-refractivity contribution in [2.24, 2.45) is 11.0 Å². The molecule has 0 N–H and O–H groups in total. The number of nitrogens with zero attached hydrogens (tertiary/aromatic N) is 3. The van der Waals surface area contributed by atoms with Gasteiger partial charge in [0.15, 0.2) is 0 Å². The van der Waals surface area contributed by atoms with E-state index >= 15 is 0 Å². The Bertz CT molecular complexity index is 200. The number of hydrogen-bond donors (Lipinski definition) is 0. The van der Waals surface area contributed by atoms with Crippen molar-refractivity contribution in [2.45, 2.75) is 31.5 Å². The van der Waals surface area contributed by atoms with Crippen LogP contribution >= 0.6 is 0 Å². The van der Waals surface area contributed by atoms with Gasteiger partial charge >= 0.3 is 0 Å². The van der Waals surface area contributed by atoms with Crippen LogP contribution in [0, 0.1) is 5.92 Å². The lowest BCUT2D eigenvalue weighted by atomic mass is 9.89. The summed E-state index contributed by atoms with van der Waals surface area (Å²) in [7, 11) is 0. The van der Waals surface area contributed by atoms with Crippen LogP contribution in [0.25, 0.3) is 10.4 Å². The fourth-order valence-corrected chi connectivity index (χ4v) is 2.08. The highest BCUT2D eigenvalue weighted by Gasteiger charge is 2.39. The lowest BCUT2D eigenvalue weighted by molar-refractivity contribution is 0.0936. The molecule has 4 nitrogen and oxygen atoms in total. The first-order chi connectivity index (χ1) is 5.40. The molecule has 2 aliphatic rings. The molecule has 0 amide bonds. The predicted octanol–water partition coefficient (Wildman–Crippen LogP) is 1.86. The van der Waals surface area contributed by atoms with E-state index in [2.05, 4.69) is 10.0 Å². The van der Waals surface area contributed by atoms with Gasteiger partial charge in [0.1, 0.15) is 0 Å². The second-order valence-corrected chi connectivity index (χ2v) is 3.28. The molecular weight excluding hydrogens is 142 g/mol. The van der Waals surface area contributed by atoms with Crippen LogP contribution in [-0.4, -0.2) is 18.8 Å². The van der Waals surface area contributed by atoms with E-state index < -0.39 is 0 Å². The molecule has 0 spiro atoms. The molecule has 0 aliphatic carbocycles. The molecule has 60 valence electrons. The van der Waals surface area contributed by atoms with Gasteiger partial charge in [-0.05, 0) is 30.7 Å². The highest BCUT2D eigenvalue weighted by atomic mass is 16.5. The van der Waals surface area contributed by atoms with Crippen molar-refractivity contribution < 1.29 is 4.74 Å².